The van der Waals surface area contributed by atoms with Crippen molar-refractivity contribution in [2.24, 2.45) is 5.92 Å². The van der Waals surface area contributed by atoms with Crippen LogP contribution in [0.1, 0.15) is 19.8 Å². The summed E-state index contributed by atoms with van der Waals surface area (Å²) in [6.45, 7) is 2.42. The van der Waals surface area contributed by atoms with Crippen molar-refractivity contribution >= 4 is 12.1 Å². The van der Waals surface area contributed by atoms with Crippen molar-refractivity contribution in [2.45, 2.75) is 31.9 Å². The highest BCUT2D eigenvalue weighted by Gasteiger charge is 2.33. The highest BCUT2D eigenvalue weighted by Crippen LogP contribution is 2.23. The van der Waals surface area contributed by atoms with Crippen molar-refractivity contribution in [3.05, 3.63) is 0 Å². The number of hydrogen-bond acceptors (Lipinski definition) is 4. The average molecular weight is 231 g/mol. The molecule has 1 rings (SSSR count). The number of ether oxygens (including phenoxy) is 2. The number of aliphatic carboxylic acids is 1. The first kappa shape index (κ1) is 12.8. The van der Waals surface area contributed by atoms with Crippen molar-refractivity contribution in [2.75, 3.05) is 13.7 Å². The topological polar surface area (TPSA) is 84.9 Å². The van der Waals surface area contributed by atoms with Gasteiger partial charge in [-0.1, -0.05) is 0 Å². The summed E-state index contributed by atoms with van der Waals surface area (Å²) in [5.41, 5.74) is 0. The van der Waals surface area contributed by atoms with E-state index in [1.165, 1.54) is 7.11 Å². The molecular weight excluding hydrogens is 214 g/mol. The Balaban J connectivity index is 2.61. The minimum Gasteiger partial charge on any atom is -0.480 e. The predicted molar refractivity (Wildman–Crippen MR) is 55.1 cm³/mol. The van der Waals surface area contributed by atoms with Crippen molar-refractivity contribution in [3.63, 3.8) is 0 Å². The van der Waals surface area contributed by atoms with Gasteiger partial charge in [0.1, 0.15) is 6.04 Å². The first-order valence-electron chi connectivity index (χ1n) is 5.23. The van der Waals surface area contributed by atoms with Crippen molar-refractivity contribution in [1.82, 2.24) is 5.32 Å². The maximum absolute atomic E-state index is 11.0. The lowest BCUT2D eigenvalue weighted by molar-refractivity contribution is -0.142. The van der Waals surface area contributed by atoms with Gasteiger partial charge in [0.15, 0.2) is 0 Å². The van der Waals surface area contributed by atoms with Crippen LogP contribution in [0.4, 0.5) is 4.79 Å². The normalized spacial score (nSPS) is 26.9. The molecule has 1 saturated heterocycles. The minimum atomic E-state index is -1.04. The summed E-state index contributed by atoms with van der Waals surface area (Å²) in [7, 11) is 1.21. The molecule has 0 aromatic rings. The van der Waals surface area contributed by atoms with Crippen LogP contribution in [0, 0.1) is 5.92 Å². The summed E-state index contributed by atoms with van der Waals surface area (Å²) in [5, 5.41) is 11.4. The lowest BCUT2D eigenvalue weighted by atomic mass is 9.89. The maximum Gasteiger partial charge on any atom is 0.407 e. The maximum atomic E-state index is 11.0. The first-order chi connectivity index (χ1) is 7.54. The van der Waals surface area contributed by atoms with E-state index >= 15 is 0 Å². The summed E-state index contributed by atoms with van der Waals surface area (Å²) in [6, 6.07) is -0.904. The van der Waals surface area contributed by atoms with Gasteiger partial charge in [-0.15, -0.1) is 0 Å². The third kappa shape index (κ3) is 3.37. The molecule has 0 bridgehead atoms. The fourth-order valence-corrected chi connectivity index (χ4v) is 1.90. The number of alkyl carbamates (subject to hydrolysis) is 1. The lowest BCUT2D eigenvalue weighted by Gasteiger charge is -2.31. The molecule has 0 spiro atoms. The van der Waals surface area contributed by atoms with E-state index in [2.05, 4.69) is 10.1 Å². The molecule has 92 valence electrons. The lowest BCUT2D eigenvalue weighted by Crippen LogP contribution is -2.48. The van der Waals surface area contributed by atoms with E-state index in [1.807, 2.05) is 6.92 Å². The van der Waals surface area contributed by atoms with E-state index in [0.717, 1.165) is 0 Å². The Labute approximate surface area is 93.9 Å². The smallest absolute Gasteiger partial charge is 0.407 e. The zero-order valence-electron chi connectivity index (χ0n) is 9.43. The number of carbonyl (C=O) groups excluding carboxylic acids is 1. The Bertz CT molecular complexity index is 268. The van der Waals surface area contributed by atoms with Gasteiger partial charge < -0.3 is 19.9 Å². The number of carboxylic acids is 1. The standard InChI is InChI=1S/C10H17NO5/c1-6-5-7(3-4-16-6)8(9(12)13)11-10(14)15-2/h6-8H,3-5H2,1-2H3,(H,11,14)(H,12,13)/t6-,7+,8?/m1/s1. The monoisotopic (exact) mass is 231 g/mol. The molecule has 1 heterocycles. The van der Waals surface area contributed by atoms with Crippen LogP contribution in [-0.4, -0.2) is 43.0 Å². The van der Waals surface area contributed by atoms with Crippen LogP contribution in [0.2, 0.25) is 0 Å². The van der Waals surface area contributed by atoms with Gasteiger partial charge in [-0.25, -0.2) is 9.59 Å². The van der Waals surface area contributed by atoms with Crippen LogP contribution in [0.15, 0.2) is 0 Å². The zero-order valence-corrected chi connectivity index (χ0v) is 9.43. The van der Waals surface area contributed by atoms with E-state index in [9.17, 15) is 9.59 Å². The summed E-state index contributed by atoms with van der Waals surface area (Å²) in [4.78, 5) is 22.1. The zero-order chi connectivity index (χ0) is 12.1. The fraction of sp³-hybridized carbons (Fsp3) is 0.800. The molecule has 0 aliphatic carbocycles. The Kier molecular flexibility index (Phi) is 4.54. The Morgan fingerprint density at radius 2 is 2.25 bits per heavy atom. The van der Waals surface area contributed by atoms with E-state index in [0.29, 0.717) is 19.4 Å². The summed E-state index contributed by atoms with van der Waals surface area (Å²) in [5.74, 6) is -1.15. The molecule has 1 fully saturated rings. The molecule has 0 aromatic heterocycles. The number of carboxylic acid groups (broad SMARTS) is 1. The van der Waals surface area contributed by atoms with E-state index < -0.39 is 18.1 Å². The molecule has 6 heteroatoms. The van der Waals surface area contributed by atoms with Gasteiger partial charge in [0, 0.05) is 6.61 Å². The second-order valence-electron chi connectivity index (χ2n) is 3.92. The van der Waals surface area contributed by atoms with Crippen molar-refractivity contribution in [3.8, 4) is 0 Å². The molecule has 2 N–H and O–H groups in total. The van der Waals surface area contributed by atoms with Gasteiger partial charge in [0.25, 0.3) is 0 Å². The molecule has 1 aliphatic rings. The third-order valence-electron chi connectivity index (χ3n) is 2.72. The minimum absolute atomic E-state index is 0.0278. The molecule has 6 nitrogen and oxygen atoms in total. The quantitative estimate of drug-likeness (QED) is 0.743. The van der Waals surface area contributed by atoms with Crippen LogP contribution in [0.5, 0.6) is 0 Å². The third-order valence-corrected chi connectivity index (χ3v) is 2.72. The number of methoxy groups -OCH3 is 1. The van der Waals surface area contributed by atoms with Gasteiger partial charge in [-0.2, -0.15) is 0 Å². The summed E-state index contributed by atoms with van der Waals surface area (Å²) < 4.78 is 9.74. The number of nitrogens with one attached hydrogen (secondary N) is 1. The predicted octanol–water partition coefficient (Wildman–Crippen LogP) is 0.611. The first-order valence-corrected chi connectivity index (χ1v) is 5.23. The molecule has 1 aliphatic heterocycles. The molecule has 0 radical (unpaired) electrons. The molecule has 0 aromatic carbocycles. The van der Waals surface area contributed by atoms with Crippen LogP contribution in [0.25, 0.3) is 0 Å². The molecular formula is C10H17NO5. The number of rotatable bonds is 3. The SMILES string of the molecule is COC(=O)NC(C(=O)O)[C@H]1CCO[C@H](C)C1. The molecule has 16 heavy (non-hydrogen) atoms. The highest BCUT2D eigenvalue weighted by atomic mass is 16.5. The second kappa shape index (κ2) is 5.69. The largest absolute Gasteiger partial charge is 0.480 e. The molecule has 1 amide bonds. The van der Waals surface area contributed by atoms with E-state index in [4.69, 9.17) is 9.84 Å². The van der Waals surface area contributed by atoms with Gasteiger partial charge in [0.2, 0.25) is 0 Å². The van der Waals surface area contributed by atoms with E-state index in [-0.39, 0.29) is 12.0 Å². The van der Waals surface area contributed by atoms with Gasteiger partial charge in [-0.05, 0) is 25.7 Å². The second-order valence-corrected chi connectivity index (χ2v) is 3.92. The van der Waals surface area contributed by atoms with Crippen LogP contribution in [0.3, 0.4) is 0 Å². The Hall–Kier alpha value is -1.30. The molecule has 1 unspecified atom stereocenters. The van der Waals surface area contributed by atoms with Crippen LogP contribution in [-0.2, 0) is 14.3 Å². The van der Waals surface area contributed by atoms with Crippen LogP contribution < -0.4 is 5.32 Å². The van der Waals surface area contributed by atoms with Crippen molar-refractivity contribution in [1.29, 1.82) is 0 Å². The fourth-order valence-electron chi connectivity index (χ4n) is 1.90. The molecule has 3 atom stereocenters. The number of hydrogen-bond donors (Lipinski definition) is 2. The Morgan fingerprint density at radius 3 is 2.75 bits per heavy atom. The van der Waals surface area contributed by atoms with Gasteiger partial charge >= 0.3 is 12.1 Å². The number of carbonyl (C=O) groups is 2. The van der Waals surface area contributed by atoms with Crippen LogP contribution >= 0.6 is 0 Å². The van der Waals surface area contributed by atoms with Crippen molar-refractivity contribution < 1.29 is 24.2 Å². The average Bonchev–Trinajstić information content (AvgIpc) is 2.25. The number of amides is 1. The van der Waals surface area contributed by atoms with Gasteiger partial charge in [-0.3, -0.25) is 0 Å². The van der Waals surface area contributed by atoms with E-state index in [1.54, 1.807) is 0 Å². The summed E-state index contributed by atoms with van der Waals surface area (Å²) >= 11 is 0. The van der Waals surface area contributed by atoms with Gasteiger partial charge in [0.05, 0.1) is 13.2 Å². The Morgan fingerprint density at radius 1 is 1.56 bits per heavy atom. The highest BCUT2D eigenvalue weighted by molar-refractivity contribution is 5.80. The summed E-state index contributed by atoms with van der Waals surface area (Å²) in [6.07, 6.45) is 0.568. The molecule has 0 saturated carbocycles.